The number of rotatable bonds is 10. The Balaban J connectivity index is 1.79. The fourth-order valence-electron chi connectivity index (χ4n) is 3.60. The summed E-state index contributed by atoms with van der Waals surface area (Å²) in [6, 6.07) is 27.3. The third kappa shape index (κ3) is 6.72. The van der Waals surface area contributed by atoms with Crippen molar-refractivity contribution in [2.75, 3.05) is 12.8 Å². The average Bonchev–Trinajstić information content (AvgIpc) is 2.83. The molecule has 2 amide bonds. The molecule has 0 bridgehead atoms. The first-order valence-corrected chi connectivity index (χ1v) is 11.9. The number of likely N-dealkylation sites (N-methyl/N-ethyl adjacent to an activating group) is 1. The van der Waals surface area contributed by atoms with Gasteiger partial charge in [-0.05, 0) is 29.2 Å². The van der Waals surface area contributed by atoms with E-state index in [9.17, 15) is 9.59 Å². The summed E-state index contributed by atoms with van der Waals surface area (Å²) < 4.78 is 0. The molecule has 3 aromatic rings. The molecule has 0 spiro atoms. The maximum Gasteiger partial charge on any atom is 0.242 e. The summed E-state index contributed by atoms with van der Waals surface area (Å²) in [5.74, 6) is 0.906. The highest BCUT2D eigenvalue weighted by Gasteiger charge is 2.29. The number of nitrogens with one attached hydrogen (secondary N) is 1. The standard InChI is InChI=1S/C27H30N2O2S/c1-21-11-9-10-16-24(21)19-32-20-26(30)29(18-23-14-7-4-8-15-23)25(27(31)28-2)17-22-12-5-3-6-13-22/h3-16,25H,17-20H2,1-2H3,(H,28,31)/t25-/m1/s1. The molecule has 0 aliphatic carbocycles. The van der Waals surface area contributed by atoms with Gasteiger partial charge in [-0.25, -0.2) is 0 Å². The SMILES string of the molecule is CNC(=O)[C@@H](Cc1ccccc1)N(Cc1ccccc1)C(=O)CSCc1ccccc1C. The van der Waals surface area contributed by atoms with E-state index in [-0.39, 0.29) is 11.8 Å². The zero-order valence-corrected chi connectivity index (χ0v) is 19.5. The lowest BCUT2D eigenvalue weighted by molar-refractivity contribution is -0.139. The third-order valence-corrected chi connectivity index (χ3v) is 6.42. The van der Waals surface area contributed by atoms with Crippen molar-refractivity contribution in [1.29, 1.82) is 0 Å². The molecule has 1 N–H and O–H groups in total. The van der Waals surface area contributed by atoms with E-state index in [0.29, 0.717) is 18.7 Å². The molecular formula is C27H30N2O2S. The predicted octanol–water partition coefficient (Wildman–Crippen LogP) is 4.61. The summed E-state index contributed by atoms with van der Waals surface area (Å²) in [6.07, 6.45) is 0.474. The highest BCUT2D eigenvalue weighted by Crippen LogP contribution is 2.19. The molecule has 3 rings (SSSR count). The summed E-state index contributed by atoms with van der Waals surface area (Å²) in [5, 5.41) is 2.76. The molecule has 0 fully saturated rings. The van der Waals surface area contributed by atoms with Crippen LogP contribution in [0, 0.1) is 6.92 Å². The van der Waals surface area contributed by atoms with Crippen LogP contribution in [0.4, 0.5) is 0 Å². The molecule has 0 aromatic heterocycles. The van der Waals surface area contributed by atoms with Crippen LogP contribution in [0.1, 0.15) is 22.3 Å². The zero-order chi connectivity index (χ0) is 22.8. The normalized spacial score (nSPS) is 11.6. The Morgan fingerprint density at radius 3 is 2.09 bits per heavy atom. The van der Waals surface area contributed by atoms with Gasteiger partial charge in [0, 0.05) is 25.8 Å². The molecule has 166 valence electrons. The number of hydrogen-bond donors (Lipinski definition) is 1. The van der Waals surface area contributed by atoms with Gasteiger partial charge >= 0.3 is 0 Å². The van der Waals surface area contributed by atoms with Crippen LogP contribution in [0.5, 0.6) is 0 Å². The lowest BCUT2D eigenvalue weighted by Gasteiger charge is -2.31. The second kappa shape index (κ2) is 12.1. The number of amides is 2. The number of thioether (sulfide) groups is 1. The molecule has 0 aliphatic heterocycles. The van der Waals surface area contributed by atoms with E-state index in [1.54, 1.807) is 23.7 Å². The molecule has 0 radical (unpaired) electrons. The van der Waals surface area contributed by atoms with Crippen molar-refractivity contribution < 1.29 is 9.59 Å². The molecule has 0 heterocycles. The van der Waals surface area contributed by atoms with Crippen LogP contribution < -0.4 is 5.32 Å². The predicted molar refractivity (Wildman–Crippen MR) is 132 cm³/mol. The van der Waals surface area contributed by atoms with E-state index in [4.69, 9.17) is 0 Å². The Morgan fingerprint density at radius 2 is 1.47 bits per heavy atom. The van der Waals surface area contributed by atoms with Crippen molar-refractivity contribution in [1.82, 2.24) is 10.2 Å². The molecule has 0 unspecified atom stereocenters. The lowest BCUT2D eigenvalue weighted by atomic mass is 10.0. The van der Waals surface area contributed by atoms with Gasteiger partial charge < -0.3 is 10.2 Å². The van der Waals surface area contributed by atoms with E-state index >= 15 is 0 Å². The van der Waals surface area contributed by atoms with Crippen LogP contribution >= 0.6 is 11.8 Å². The van der Waals surface area contributed by atoms with Crippen LogP contribution in [0.3, 0.4) is 0 Å². The minimum absolute atomic E-state index is 0.0306. The van der Waals surface area contributed by atoms with Crippen molar-refractivity contribution >= 4 is 23.6 Å². The summed E-state index contributed by atoms with van der Waals surface area (Å²) in [6.45, 7) is 2.48. The van der Waals surface area contributed by atoms with Crippen molar-refractivity contribution in [3.8, 4) is 0 Å². The van der Waals surface area contributed by atoms with Gasteiger partial charge in [0.2, 0.25) is 11.8 Å². The van der Waals surface area contributed by atoms with Crippen molar-refractivity contribution in [2.24, 2.45) is 0 Å². The van der Waals surface area contributed by atoms with E-state index in [0.717, 1.165) is 16.9 Å². The van der Waals surface area contributed by atoms with Crippen LogP contribution in [0.15, 0.2) is 84.9 Å². The van der Waals surface area contributed by atoms with Crippen molar-refractivity contribution in [2.45, 2.75) is 31.7 Å². The number of aryl methyl sites for hydroxylation is 1. The molecule has 32 heavy (non-hydrogen) atoms. The van der Waals surface area contributed by atoms with Gasteiger partial charge in [-0.1, -0.05) is 84.9 Å². The second-order valence-electron chi connectivity index (χ2n) is 7.75. The van der Waals surface area contributed by atoms with E-state index in [2.05, 4.69) is 24.4 Å². The number of carbonyl (C=O) groups excluding carboxylic acids is 2. The van der Waals surface area contributed by atoms with Crippen molar-refractivity contribution in [3.05, 3.63) is 107 Å². The van der Waals surface area contributed by atoms with E-state index in [1.165, 1.54) is 11.1 Å². The molecule has 0 saturated heterocycles. The summed E-state index contributed by atoms with van der Waals surface area (Å²) in [7, 11) is 1.62. The maximum absolute atomic E-state index is 13.4. The second-order valence-corrected chi connectivity index (χ2v) is 8.73. The Kier molecular flexibility index (Phi) is 8.93. The summed E-state index contributed by atoms with van der Waals surface area (Å²) >= 11 is 1.59. The summed E-state index contributed by atoms with van der Waals surface area (Å²) in [4.78, 5) is 28.0. The van der Waals surface area contributed by atoms with Gasteiger partial charge in [0.15, 0.2) is 0 Å². The van der Waals surface area contributed by atoms with Crippen molar-refractivity contribution in [3.63, 3.8) is 0 Å². The minimum atomic E-state index is -0.575. The van der Waals surface area contributed by atoms with Gasteiger partial charge in [0.1, 0.15) is 6.04 Å². The minimum Gasteiger partial charge on any atom is -0.357 e. The fourth-order valence-corrected chi connectivity index (χ4v) is 4.59. The number of nitrogens with zero attached hydrogens (tertiary/aromatic N) is 1. The monoisotopic (exact) mass is 446 g/mol. The quantitative estimate of drug-likeness (QED) is 0.495. The molecule has 5 heteroatoms. The van der Waals surface area contributed by atoms with Crippen LogP contribution in [-0.4, -0.2) is 35.6 Å². The first-order chi connectivity index (χ1) is 15.6. The first kappa shape index (κ1) is 23.6. The highest BCUT2D eigenvalue weighted by atomic mass is 32.2. The van der Waals surface area contributed by atoms with Gasteiger partial charge in [0.25, 0.3) is 0 Å². The largest absolute Gasteiger partial charge is 0.357 e. The third-order valence-electron chi connectivity index (χ3n) is 5.46. The van der Waals surface area contributed by atoms with E-state index in [1.807, 2.05) is 72.8 Å². The first-order valence-electron chi connectivity index (χ1n) is 10.8. The Bertz CT molecular complexity index is 1010. The number of carbonyl (C=O) groups is 2. The van der Waals surface area contributed by atoms with Gasteiger partial charge in [-0.2, -0.15) is 0 Å². The Morgan fingerprint density at radius 1 is 0.875 bits per heavy atom. The van der Waals surface area contributed by atoms with E-state index < -0.39 is 6.04 Å². The topological polar surface area (TPSA) is 49.4 Å². The molecular weight excluding hydrogens is 416 g/mol. The van der Waals surface area contributed by atoms with Crippen LogP contribution in [-0.2, 0) is 28.3 Å². The molecule has 3 aromatic carbocycles. The smallest absolute Gasteiger partial charge is 0.242 e. The van der Waals surface area contributed by atoms with Crippen LogP contribution in [0.25, 0.3) is 0 Å². The zero-order valence-electron chi connectivity index (χ0n) is 18.7. The number of benzene rings is 3. The highest BCUT2D eigenvalue weighted by molar-refractivity contribution is 7.99. The molecule has 4 nitrogen and oxygen atoms in total. The fraction of sp³-hybridized carbons (Fsp3) is 0.259. The van der Waals surface area contributed by atoms with Gasteiger partial charge in [-0.15, -0.1) is 11.8 Å². The van der Waals surface area contributed by atoms with Crippen LogP contribution in [0.2, 0.25) is 0 Å². The average molecular weight is 447 g/mol. The molecule has 0 aliphatic rings. The molecule has 0 saturated carbocycles. The molecule has 1 atom stereocenters. The maximum atomic E-state index is 13.4. The number of hydrogen-bond acceptors (Lipinski definition) is 3. The van der Waals surface area contributed by atoms with Gasteiger partial charge in [0.05, 0.1) is 5.75 Å². The Hall–Kier alpha value is -3.05. The van der Waals surface area contributed by atoms with Gasteiger partial charge in [-0.3, -0.25) is 9.59 Å². The lowest BCUT2D eigenvalue weighted by Crippen LogP contribution is -2.50. The Labute approximate surface area is 195 Å². The summed E-state index contributed by atoms with van der Waals surface area (Å²) in [5.41, 5.74) is 4.49.